The van der Waals surface area contributed by atoms with E-state index in [1.54, 1.807) is 13.2 Å². The van der Waals surface area contributed by atoms with Gasteiger partial charge >= 0.3 is 5.97 Å². The summed E-state index contributed by atoms with van der Waals surface area (Å²) in [6, 6.07) is 4.25. The first-order chi connectivity index (χ1) is 14.3. The Morgan fingerprint density at radius 1 is 1.37 bits per heavy atom. The van der Waals surface area contributed by atoms with Crippen molar-refractivity contribution in [1.82, 2.24) is 9.78 Å². The van der Waals surface area contributed by atoms with Gasteiger partial charge in [0.15, 0.2) is 5.76 Å². The quantitative estimate of drug-likeness (QED) is 0.448. The highest BCUT2D eigenvalue weighted by molar-refractivity contribution is 7.98. The highest BCUT2D eigenvalue weighted by atomic mass is 32.2. The molecule has 1 N–H and O–H groups in total. The molecule has 3 rings (SSSR count). The number of carbonyl (C=O) groups excluding carboxylic acids is 1. The molecule has 1 aromatic carbocycles. The summed E-state index contributed by atoms with van der Waals surface area (Å²) in [6.07, 6.45) is 2.92. The van der Waals surface area contributed by atoms with E-state index >= 15 is 0 Å². The van der Waals surface area contributed by atoms with Crippen molar-refractivity contribution in [2.24, 2.45) is 7.05 Å². The summed E-state index contributed by atoms with van der Waals surface area (Å²) in [6.45, 7) is 0. The first kappa shape index (κ1) is 21.6. The van der Waals surface area contributed by atoms with Crippen molar-refractivity contribution >= 4 is 17.7 Å². The van der Waals surface area contributed by atoms with Crippen molar-refractivity contribution in [3.63, 3.8) is 0 Å². The van der Waals surface area contributed by atoms with Gasteiger partial charge in [-0.3, -0.25) is 14.3 Å². The van der Waals surface area contributed by atoms with Crippen molar-refractivity contribution in [2.75, 3.05) is 7.11 Å². The van der Waals surface area contributed by atoms with Gasteiger partial charge in [-0.15, -0.1) is 11.8 Å². The predicted molar refractivity (Wildman–Crippen MR) is 104 cm³/mol. The van der Waals surface area contributed by atoms with Crippen LogP contribution in [0.4, 0.5) is 8.78 Å². The number of benzene rings is 1. The number of hydrogen-bond acceptors (Lipinski definition) is 7. The molecule has 30 heavy (non-hydrogen) atoms. The molecule has 0 radical (unpaired) electrons. The predicted octanol–water partition coefficient (Wildman–Crippen LogP) is 3.34. The molecule has 0 aliphatic rings. The molecule has 0 aliphatic carbocycles. The maximum absolute atomic E-state index is 13.9. The first-order valence-electron chi connectivity index (χ1n) is 8.77. The minimum absolute atomic E-state index is 0.0447. The normalized spacial score (nSPS) is 12.0. The van der Waals surface area contributed by atoms with Crippen LogP contribution in [0.15, 0.2) is 50.8 Å². The first-order valence-corrected chi connectivity index (χ1v) is 9.76. The summed E-state index contributed by atoms with van der Waals surface area (Å²) in [4.78, 5) is 24.4. The standard InChI is InChI=1S/C20H18F2N2O5S/c1-24-9-11(8-23-24)14(7-18(26)28-2)20-19(27)16(25)6-13(29-20)10-30-17-4-3-12(21)5-15(17)22/h3-6,8-9,14,27H,7,10H2,1-2H3/t14-/m1/s1. The minimum atomic E-state index is -0.814. The molecule has 0 aliphatic heterocycles. The number of hydrogen-bond donors (Lipinski definition) is 1. The molecule has 158 valence electrons. The molecule has 10 heteroatoms. The van der Waals surface area contributed by atoms with Crippen LogP contribution in [0.1, 0.15) is 29.4 Å². The Morgan fingerprint density at radius 2 is 2.13 bits per heavy atom. The Balaban J connectivity index is 1.95. The molecule has 0 saturated heterocycles. The number of methoxy groups -OCH3 is 1. The summed E-state index contributed by atoms with van der Waals surface area (Å²) in [7, 11) is 2.90. The summed E-state index contributed by atoms with van der Waals surface area (Å²) >= 11 is 0.998. The zero-order chi connectivity index (χ0) is 21.8. The van der Waals surface area contributed by atoms with Crippen molar-refractivity contribution in [3.8, 4) is 5.75 Å². The smallest absolute Gasteiger partial charge is 0.306 e. The topological polar surface area (TPSA) is 94.6 Å². The number of aryl methyl sites for hydroxylation is 1. The second-order valence-electron chi connectivity index (χ2n) is 6.43. The van der Waals surface area contributed by atoms with E-state index in [9.17, 15) is 23.5 Å². The minimum Gasteiger partial charge on any atom is -0.502 e. The average molecular weight is 436 g/mol. The van der Waals surface area contributed by atoms with Gasteiger partial charge in [0.25, 0.3) is 0 Å². The van der Waals surface area contributed by atoms with E-state index in [1.165, 1.54) is 24.1 Å². The number of rotatable bonds is 7. The lowest BCUT2D eigenvalue weighted by atomic mass is 9.95. The molecule has 1 atom stereocenters. The number of carbonyl (C=O) groups is 1. The lowest BCUT2D eigenvalue weighted by molar-refractivity contribution is -0.140. The Morgan fingerprint density at radius 3 is 2.77 bits per heavy atom. The monoisotopic (exact) mass is 436 g/mol. The van der Waals surface area contributed by atoms with Gasteiger partial charge in [-0.25, -0.2) is 8.78 Å². The van der Waals surface area contributed by atoms with E-state index < -0.39 is 34.7 Å². The van der Waals surface area contributed by atoms with E-state index in [2.05, 4.69) is 5.10 Å². The molecular formula is C20H18F2N2O5S. The van der Waals surface area contributed by atoms with Crippen molar-refractivity contribution < 1.29 is 27.8 Å². The maximum Gasteiger partial charge on any atom is 0.306 e. The van der Waals surface area contributed by atoms with E-state index in [0.29, 0.717) is 5.56 Å². The van der Waals surface area contributed by atoms with Crippen LogP contribution in [-0.4, -0.2) is 28.0 Å². The second-order valence-corrected chi connectivity index (χ2v) is 7.45. The van der Waals surface area contributed by atoms with Gasteiger partial charge in [0.2, 0.25) is 11.2 Å². The molecule has 3 aromatic rings. The van der Waals surface area contributed by atoms with Crippen LogP contribution in [-0.2, 0) is 22.3 Å². The van der Waals surface area contributed by atoms with E-state index in [0.717, 1.165) is 30.0 Å². The lowest BCUT2D eigenvalue weighted by Gasteiger charge is -2.15. The highest BCUT2D eigenvalue weighted by Crippen LogP contribution is 2.34. The molecular weight excluding hydrogens is 418 g/mol. The number of nitrogens with zero attached hydrogens (tertiary/aromatic N) is 2. The fraction of sp³-hybridized carbons (Fsp3) is 0.250. The van der Waals surface area contributed by atoms with E-state index in [-0.39, 0.29) is 28.6 Å². The maximum atomic E-state index is 13.9. The second kappa shape index (κ2) is 9.12. The van der Waals surface area contributed by atoms with Crippen molar-refractivity contribution in [3.05, 3.63) is 75.6 Å². The van der Waals surface area contributed by atoms with Crippen LogP contribution in [0.3, 0.4) is 0 Å². The van der Waals surface area contributed by atoms with Crippen LogP contribution < -0.4 is 5.43 Å². The van der Waals surface area contributed by atoms with Gasteiger partial charge in [0.1, 0.15) is 17.4 Å². The summed E-state index contributed by atoms with van der Waals surface area (Å²) in [5.41, 5.74) is -0.166. The van der Waals surface area contributed by atoms with Crippen LogP contribution in [0.2, 0.25) is 0 Å². The fourth-order valence-electron chi connectivity index (χ4n) is 2.84. The van der Waals surface area contributed by atoms with Crippen molar-refractivity contribution in [2.45, 2.75) is 23.0 Å². The molecule has 2 heterocycles. The SMILES string of the molecule is COC(=O)C[C@H](c1cnn(C)c1)c1oc(CSc2ccc(F)cc2F)cc(=O)c1O. The highest BCUT2D eigenvalue weighted by Gasteiger charge is 2.27. The van der Waals surface area contributed by atoms with Gasteiger partial charge in [0.05, 0.1) is 31.4 Å². The number of aromatic hydroxyl groups is 1. The third-order valence-electron chi connectivity index (χ3n) is 4.31. The van der Waals surface area contributed by atoms with Crippen LogP contribution in [0, 0.1) is 11.6 Å². The number of halogens is 2. The van der Waals surface area contributed by atoms with Gasteiger partial charge in [-0.2, -0.15) is 5.10 Å². The fourth-order valence-corrected chi connectivity index (χ4v) is 3.64. The zero-order valence-corrected chi connectivity index (χ0v) is 16.9. The van der Waals surface area contributed by atoms with E-state index in [4.69, 9.17) is 9.15 Å². The van der Waals surface area contributed by atoms with Crippen molar-refractivity contribution in [1.29, 1.82) is 0 Å². The third kappa shape index (κ3) is 4.88. The summed E-state index contributed by atoms with van der Waals surface area (Å²) < 4.78 is 38.9. The molecule has 0 bridgehead atoms. The number of ether oxygens (including phenoxy) is 1. The summed E-state index contributed by atoms with van der Waals surface area (Å²) in [5.74, 6) is -3.36. The largest absolute Gasteiger partial charge is 0.502 e. The van der Waals surface area contributed by atoms with Crippen LogP contribution in [0.5, 0.6) is 5.75 Å². The number of thioether (sulfide) groups is 1. The third-order valence-corrected chi connectivity index (χ3v) is 5.38. The molecule has 0 spiro atoms. The van der Waals surface area contributed by atoms with Gasteiger partial charge in [-0.05, 0) is 12.1 Å². The van der Waals surface area contributed by atoms with Gasteiger partial charge in [-0.1, -0.05) is 0 Å². The molecule has 0 unspecified atom stereocenters. The zero-order valence-electron chi connectivity index (χ0n) is 16.1. The molecule has 2 aromatic heterocycles. The number of aromatic nitrogens is 2. The van der Waals surface area contributed by atoms with Gasteiger partial charge < -0.3 is 14.3 Å². The summed E-state index contributed by atoms with van der Waals surface area (Å²) in [5, 5.41) is 14.4. The van der Waals surface area contributed by atoms with Crippen LogP contribution in [0.25, 0.3) is 0 Å². The molecule has 0 fully saturated rings. The van der Waals surface area contributed by atoms with Gasteiger partial charge in [0, 0.05) is 35.8 Å². The Bertz CT molecular complexity index is 1130. The molecule has 0 saturated carbocycles. The Hall–Kier alpha value is -3.14. The lowest BCUT2D eigenvalue weighted by Crippen LogP contribution is -2.13. The Labute approximate surface area is 174 Å². The molecule has 7 nitrogen and oxygen atoms in total. The van der Waals surface area contributed by atoms with Crippen LogP contribution >= 0.6 is 11.8 Å². The average Bonchev–Trinajstić information content (AvgIpc) is 3.14. The molecule has 0 amide bonds. The number of esters is 1. The van der Waals surface area contributed by atoms with E-state index in [1.807, 2.05) is 0 Å². The Kier molecular flexibility index (Phi) is 6.56.